The predicted octanol–water partition coefficient (Wildman–Crippen LogP) is 3.54. The molecule has 5 rings (SSSR count). The Morgan fingerprint density at radius 3 is 2.69 bits per heavy atom. The van der Waals surface area contributed by atoms with Crippen LogP contribution in [0.3, 0.4) is 0 Å². The summed E-state index contributed by atoms with van der Waals surface area (Å²) in [6.07, 6.45) is 6.31. The molecule has 2 bridgehead atoms. The average molecular weight is 368 g/mol. The van der Waals surface area contributed by atoms with Crippen LogP contribution in [0.25, 0.3) is 0 Å². The number of carbonyl (C=O) groups excluding carboxylic acids is 1. The number of benzene rings is 1. The quantitative estimate of drug-likeness (QED) is 0.775. The zero-order valence-corrected chi connectivity index (χ0v) is 16.0. The molecular formula is C21H25N3OS. The lowest BCUT2D eigenvalue weighted by atomic mass is 9.95. The first-order valence-electron chi connectivity index (χ1n) is 9.30. The molecule has 3 fully saturated rings. The molecule has 4 heterocycles. The van der Waals surface area contributed by atoms with Crippen LogP contribution in [0.15, 0.2) is 53.6 Å². The van der Waals surface area contributed by atoms with Crippen molar-refractivity contribution in [2.75, 3.05) is 25.9 Å². The number of amides is 1. The second-order valence-corrected chi connectivity index (χ2v) is 8.17. The predicted molar refractivity (Wildman–Crippen MR) is 105 cm³/mol. The third-order valence-electron chi connectivity index (χ3n) is 5.54. The molecule has 1 aromatic heterocycles. The highest BCUT2D eigenvalue weighted by Crippen LogP contribution is 2.30. The lowest BCUT2D eigenvalue weighted by Crippen LogP contribution is -2.44. The SMILES string of the molecule is CSc1ccc(C(=O)N2C[C@H]3CC[C@@H](C2)N(Cc2ccccn2)C3)cc1. The molecule has 0 aliphatic carbocycles. The fraction of sp³-hybridized carbons (Fsp3) is 0.429. The molecular weight excluding hydrogens is 342 g/mol. The maximum Gasteiger partial charge on any atom is 0.253 e. The van der Waals surface area contributed by atoms with Crippen LogP contribution in [0.5, 0.6) is 0 Å². The van der Waals surface area contributed by atoms with Gasteiger partial charge < -0.3 is 4.90 Å². The second-order valence-electron chi connectivity index (χ2n) is 7.29. The Labute approximate surface area is 159 Å². The van der Waals surface area contributed by atoms with Crippen molar-refractivity contribution in [1.29, 1.82) is 0 Å². The van der Waals surface area contributed by atoms with Gasteiger partial charge in [0.1, 0.15) is 0 Å². The van der Waals surface area contributed by atoms with Crippen molar-refractivity contribution in [2.24, 2.45) is 5.92 Å². The molecule has 2 aromatic rings. The van der Waals surface area contributed by atoms with Gasteiger partial charge in [-0.05, 0) is 61.4 Å². The summed E-state index contributed by atoms with van der Waals surface area (Å²) in [7, 11) is 0. The van der Waals surface area contributed by atoms with Crippen LogP contribution >= 0.6 is 11.8 Å². The van der Waals surface area contributed by atoms with Gasteiger partial charge in [0.25, 0.3) is 5.91 Å². The maximum absolute atomic E-state index is 13.0. The summed E-state index contributed by atoms with van der Waals surface area (Å²) >= 11 is 1.70. The van der Waals surface area contributed by atoms with E-state index >= 15 is 0 Å². The van der Waals surface area contributed by atoms with Gasteiger partial charge in [0, 0.05) is 48.9 Å². The van der Waals surface area contributed by atoms with E-state index in [4.69, 9.17) is 0 Å². The van der Waals surface area contributed by atoms with Crippen LogP contribution in [0, 0.1) is 5.92 Å². The number of carbonyl (C=O) groups is 1. The Hall–Kier alpha value is -1.85. The summed E-state index contributed by atoms with van der Waals surface area (Å²) in [5.74, 6) is 0.737. The van der Waals surface area contributed by atoms with Gasteiger partial charge in [-0.1, -0.05) is 6.07 Å². The lowest BCUT2D eigenvalue weighted by Gasteiger charge is -2.35. The molecule has 1 aromatic carbocycles. The van der Waals surface area contributed by atoms with Crippen molar-refractivity contribution in [3.63, 3.8) is 0 Å². The van der Waals surface area contributed by atoms with E-state index in [1.165, 1.54) is 17.7 Å². The van der Waals surface area contributed by atoms with Gasteiger partial charge in [0.15, 0.2) is 0 Å². The Morgan fingerprint density at radius 1 is 1.12 bits per heavy atom. The topological polar surface area (TPSA) is 36.4 Å². The molecule has 3 aliphatic heterocycles. The van der Waals surface area contributed by atoms with Gasteiger partial charge >= 0.3 is 0 Å². The maximum atomic E-state index is 13.0. The standard InChI is InChI=1S/C21H25N3OS/c1-26-20-9-6-17(7-10-20)21(25)24-13-16-5-8-19(15-24)23(12-16)14-18-4-2-3-11-22-18/h2-4,6-7,9-11,16,19H,5,8,12-15H2,1H3/t16-,19-/m0/s1. The Morgan fingerprint density at radius 2 is 1.96 bits per heavy atom. The second kappa shape index (κ2) is 7.80. The van der Waals surface area contributed by atoms with Crippen LogP contribution < -0.4 is 0 Å². The fourth-order valence-electron chi connectivity index (χ4n) is 4.15. The smallest absolute Gasteiger partial charge is 0.253 e. The summed E-state index contributed by atoms with van der Waals surface area (Å²) in [4.78, 5) is 23.3. The average Bonchev–Trinajstić information content (AvgIpc) is 3.00. The van der Waals surface area contributed by atoms with Crippen molar-refractivity contribution >= 4 is 17.7 Å². The highest BCUT2D eigenvalue weighted by atomic mass is 32.2. The van der Waals surface area contributed by atoms with E-state index in [2.05, 4.69) is 27.1 Å². The monoisotopic (exact) mass is 367 g/mol. The molecule has 0 N–H and O–H groups in total. The zero-order valence-electron chi connectivity index (χ0n) is 15.2. The van der Waals surface area contributed by atoms with E-state index in [1.807, 2.05) is 42.6 Å². The summed E-state index contributed by atoms with van der Waals surface area (Å²) in [6.45, 7) is 3.65. The molecule has 1 amide bonds. The molecule has 5 heteroatoms. The number of pyridine rings is 1. The van der Waals surface area contributed by atoms with Gasteiger partial charge in [-0.15, -0.1) is 11.8 Å². The van der Waals surface area contributed by atoms with E-state index in [9.17, 15) is 4.79 Å². The highest BCUT2D eigenvalue weighted by Gasteiger charge is 2.36. The third kappa shape index (κ3) is 3.79. The van der Waals surface area contributed by atoms with Crippen LogP contribution in [-0.4, -0.2) is 52.6 Å². The van der Waals surface area contributed by atoms with Crippen LogP contribution in [0.1, 0.15) is 28.9 Å². The van der Waals surface area contributed by atoms with Crippen molar-refractivity contribution in [1.82, 2.24) is 14.8 Å². The van der Waals surface area contributed by atoms with Crippen molar-refractivity contribution in [3.8, 4) is 0 Å². The molecule has 2 atom stereocenters. The third-order valence-corrected chi connectivity index (χ3v) is 6.29. The molecule has 0 saturated carbocycles. The van der Waals surface area contributed by atoms with Gasteiger partial charge in [-0.2, -0.15) is 0 Å². The first-order valence-corrected chi connectivity index (χ1v) is 10.5. The van der Waals surface area contributed by atoms with E-state index in [1.54, 1.807) is 11.8 Å². The summed E-state index contributed by atoms with van der Waals surface area (Å²) < 4.78 is 0. The summed E-state index contributed by atoms with van der Waals surface area (Å²) in [5, 5.41) is 0. The molecule has 0 radical (unpaired) electrons. The van der Waals surface area contributed by atoms with Crippen molar-refractivity contribution < 1.29 is 4.79 Å². The number of rotatable bonds is 4. The fourth-order valence-corrected chi connectivity index (χ4v) is 4.56. The van der Waals surface area contributed by atoms with E-state index in [0.717, 1.165) is 37.4 Å². The Balaban J connectivity index is 1.47. The Kier molecular flexibility index (Phi) is 5.27. The minimum atomic E-state index is 0.175. The van der Waals surface area contributed by atoms with Crippen molar-refractivity contribution in [2.45, 2.75) is 30.3 Å². The van der Waals surface area contributed by atoms with Crippen LogP contribution in [-0.2, 0) is 6.54 Å². The molecule has 3 aliphatic rings. The number of hydrogen-bond donors (Lipinski definition) is 0. The number of hydrogen-bond acceptors (Lipinski definition) is 4. The Bertz CT molecular complexity index is 750. The minimum absolute atomic E-state index is 0.175. The van der Waals surface area contributed by atoms with Crippen LogP contribution in [0.4, 0.5) is 0 Å². The number of aromatic nitrogens is 1. The summed E-state index contributed by atoms with van der Waals surface area (Å²) in [6, 6.07) is 14.5. The first kappa shape index (κ1) is 17.6. The molecule has 136 valence electrons. The van der Waals surface area contributed by atoms with Crippen molar-refractivity contribution in [3.05, 3.63) is 59.9 Å². The normalized spacial score (nSPS) is 23.0. The number of piperidine rings is 1. The highest BCUT2D eigenvalue weighted by molar-refractivity contribution is 7.98. The molecule has 26 heavy (non-hydrogen) atoms. The minimum Gasteiger partial charge on any atom is -0.337 e. The van der Waals surface area contributed by atoms with E-state index in [0.29, 0.717) is 12.0 Å². The largest absolute Gasteiger partial charge is 0.337 e. The molecule has 3 saturated heterocycles. The van der Waals surface area contributed by atoms with Gasteiger partial charge in [0.05, 0.1) is 5.69 Å². The van der Waals surface area contributed by atoms with Crippen LogP contribution in [0.2, 0.25) is 0 Å². The molecule has 0 spiro atoms. The van der Waals surface area contributed by atoms with Gasteiger partial charge in [-0.3, -0.25) is 14.7 Å². The number of thioether (sulfide) groups is 1. The van der Waals surface area contributed by atoms with Gasteiger partial charge in [-0.25, -0.2) is 0 Å². The summed E-state index contributed by atoms with van der Waals surface area (Å²) in [5.41, 5.74) is 1.92. The van der Waals surface area contributed by atoms with E-state index < -0.39 is 0 Å². The number of fused-ring (bicyclic) bond motifs is 4. The molecule has 0 unspecified atom stereocenters. The van der Waals surface area contributed by atoms with E-state index in [-0.39, 0.29) is 5.91 Å². The zero-order chi connectivity index (χ0) is 17.9. The number of nitrogens with zero attached hydrogens (tertiary/aromatic N) is 3. The first-order chi connectivity index (χ1) is 12.7. The van der Waals surface area contributed by atoms with Gasteiger partial charge in [0.2, 0.25) is 0 Å². The lowest BCUT2D eigenvalue weighted by molar-refractivity contribution is 0.0735. The molecule has 4 nitrogen and oxygen atoms in total.